The minimum Gasteiger partial charge on any atom is -0.497 e. The number of para-hydroxylation sites is 1. The van der Waals surface area contributed by atoms with Crippen LogP contribution < -0.4 is 15.0 Å². The Bertz CT molecular complexity index is 1060. The summed E-state index contributed by atoms with van der Waals surface area (Å²) in [5.41, 5.74) is 4.26. The Morgan fingerprint density at radius 3 is 2.66 bits per heavy atom. The first-order chi connectivity index (χ1) is 15.5. The van der Waals surface area contributed by atoms with Crippen LogP contribution in [-0.2, 0) is 13.0 Å². The van der Waals surface area contributed by atoms with Gasteiger partial charge in [0.1, 0.15) is 11.5 Å². The summed E-state index contributed by atoms with van der Waals surface area (Å²) >= 11 is 0. The lowest BCUT2D eigenvalue weighted by Gasteiger charge is -2.26. The summed E-state index contributed by atoms with van der Waals surface area (Å²) in [6.45, 7) is 3.27. The van der Waals surface area contributed by atoms with Crippen molar-refractivity contribution < 1.29 is 13.9 Å². The van der Waals surface area contributed by atoms with E-state index < -0.39 is 0 Å². The predicted molar refractivity (Wildman–Crippen MR) is 126 cm³/mol. The van der Waals surface area contributed by atoms with Crippen molar-refractivity contribution >= 4 is 11.6 Å². The molecule has 2 atom stereocenters. The van der Waals surface area contributed by atoms with Crippen molar-refractivity contribution in [1.29, 1.82) is 0 Å². The van der Waals surface area contributed by atoms with Crippen LogP contribution in [0.15, 0.2) is 65.3 Å². The van der Waals surface area contributed by atoms with E-state index in [-0.39, 0.29) is 11.9 Å². The predicted octanol–water partition coefficient (Wildman–Crippen LogP) is 4.27. The van der Waals surface area contributed by atoms with Crippen LogP contribution in [0.1, 0.15) is 40.2 Å². The van der Waals surface area contributed by atoms with Crippen LogP contribution in [0.4, 0.5) is 5.69 Å². The number of nitrogens with zero attached hydrogens (tertiary/aromatic N) is 2. The van der Waals surface area contributed by atoms with Gasteiger partial charge in [0.15, 0.2) is 0 Å². The molecule has 3 aromatic rings. The Labute approximate surface area is 189 Å². The molecular formula is C26H31N3O3. The molecule has 1 aliphatic heterocycles. The highest BCUT2D eigenvalue weighted by Gasteiger charge is 2.28. The number of methoxy groups -OCH3 is 1. The number of anilines is 1. The van der Waals surface area contributed by atoms with E-state index >= 15 is 0 Å². The van der Waals surface area contributed by atoms with Crippen molar-refractivity contribution in [2.75, 3.05) is 32.6 Å². The quantitative estimate of drug-likeness (QED) is 0.575. The largest absolute Gasteiger partial charge is 0.497 e. The van der Waals surface area contributed by atoms with Gasteiger partial charge >= 0.3 is 0 Å². The number of carbonyl (C=O) groups excluding carboxylic acids is 1. The van der Waals surface area contributed by atoms with Crippen LogP contribution in [0.3, 0.4) is 0 Å². The molecule has 0 aliphatic carbocycles. The molecule has 1 N–H and O–H groups in total. The van der Waals surface area contributed by atoms with E-state index in [0.717, 1.165) is 17.7 Å². The first kappa shape index (κ1) is 22.0. The van der Waals surface area contributed by atoms with Gasteiger partial charge in [0.25, 0.3) is 5.91 Å². The van der Waals surface area contributed by atoms with Gasteiger partial charge in [-0.05, 0) is 62.8 Å². The van der Waals surface area contributed by atoms with Crippen molar-refractivity contribution in [3.63, 3.8) is 0 Å². The minimum absolute atomic E-state index is 0.0469. The number of furan rings is 1. The Kier molecular flexibility index (Phi) is 6.51. The fourth-order valence-corrected chi connectivity index (χ4v) is 4.40. The lowest BCUT2D eigenvalue weighted by molar-refractivity contribution is 0.0940. The molecular weight excluding hydrogens is 402 g/mol. The van der Waals surface area contributed by atoms with Crippen LogP contribution in [0.5, 0.6) is 5.75 Å². The highest BCUT2D eigenvalue weighted by molar-refractivity contribution is 5.95. The van der Waals surface area contributed by atoms with Gasteiger partial charge in [-0.15, -0.1) is 0 Å². The highest BCUT2D eigenvalue weighted by atomic mass is 16.5. The monoisotopic (exact) mass is 433 g/mol. The molecule has 168 valence electrons. The van der Waals surface area contributed by atoms with E-state index in [1.54, 1.807) is 19.4 Å². The van der Waals surface area contributed by atoms with E-state index in [9.17, 15) is 4.79 Å². The number of carbonyl (C=O) groups is 1. The van der Waals surface area contributed by atoms with Gasteiger partial charge in [-0.2, -0.15) is 0 Å². The second-order valence-corrected chi connectivity index (χ2v) is 8.53. The van der Waals surface area contributed by atoms with Crippen LogP contribution in [0, 0.1) is 0 Å². The standard InChI is InChI=1S/C26H31N3O3/c1-18-15-20-7-5-6-8-23(20)29(18)17-25-22(13-14-32-25)26(30)27-16-24(28(2)3)19-9-11-21(31-4)12-10-19/h5-14,18,24H,15-17H2,1-4H3,(H,27,30). The molecule has 2 heterocycles. The van der Waals surface area contributed by atoms with Crippen molar-refractivity contribution in [2.45, 2.75) is 32.0 Å². The Hall–Kier alpha value is -3.25. The molecule has 0 bridgehead atoms. The van der Waals surface area contributed by atoms with Gasteiger partial charge in [-0.25, -0.2) is 0 Å². The average Bonchev–Trinajstić information content (AvgIpc) is 3.38. The van der Waals surface area contributed by atoms with Crippen molar-refractivity contribution in [2.24, 2.45) is 0 Å². The van der Waals surface area contributed by atoms with Gasteiger partial charge in [-0.3, -0.25) is 4.79 Å². The van der Waals surface area contributed by atoms with Gasteiger partial charge in [-0.1, -0.05) is 30.3 Å². The van der Waals surface area contributed by atoms with Crippen LogP contribution >= 0.6 is 0 Å². The third-order valence-electron chi connectivity index (χ3n) is 6.23. The number of fused-ring (bicyclic) bond motifs is 1. The van der Waals surface area contributed by atoms with E-state index in [0.29, 0.717) is 30.5 Å². The SMILES string of the molecule is COc1ccc(C(CNC(=O)c2ccoc2CN2c3ccccc3CC2C)N(C)C)cc1. The van der Waals surface area contributed by atoms with E-state index in [4.69, 9.17) is 9.15 Å². The first-order valence-electron chi connectivity index (χ1n) is 11.0. The molecule has 0 saturated carbocycles. The number of rotatable bonds is 8. The minimum atomic E-state index is -0.116. The summed E-state index contributed by atoms with van der Waals surface area (Å²) < 4.78 is 11.0. The van der Waals surface area contributed by atoms with E-state index in [1.807, 2.05) is 38.4 Å². The fourth-order valence-electron chi connectivity index (χ4n) is 4.40. The smallest absolute Gasteiger partial charge is 0.254 e. The van der Waals surface area contributed by atoms with E-state index in [2.05, 4.69) is 46.3 Å². The molecule has 6 nitrogen and oxygen atoms in total. The van der Waals surface area contributed by atoms with Gasteiger partial charge < -0.3 is 24.3 Å². The lowest BCUT2D eigenvalue weighted by atomic mass is 10.1. The molecule has 1 amide bonds. The third-order valence-corrected chi connectivity index (χ3v) is 6.23. The topological polar surface area (TPSA) is 58.0 Å². The summed E-state index contributed by atoms with van der Waals surface area (Å²) in [5, 5.41) is 3.10. The molecule has 0 saturated heterocycles. The number of likely N-dealkylation sites (N-methyl/N-ethyl adjacent to an activating group) is 1. The van der Waals surface area contributed by atoms with Gasteiger partial charge in [0.2, 0.25) is 0 Å². The number of amides is 1. The number of ether oxygens (including phenoxy) is 1. The molecule has 4 rings (SSSR count). The number of benzene rings is 2. The molecule has 2 unspecified atom stereocenters. The second-order valence-electron chi connectivity index (χ2n) is 8.53. The normalized spacial score (nSPS) is 16.2. The molecule has 32 heavy (non-hydrogen) atoms. The fraction of sp³-hybridized carbons (Fsp3) is 0.346. The zero-order chi connectivity index (χ0) is 22.7. The van der Waals surface area contributed by atoms with Crippen LogP contribution in [0.25, 0.3) is 0 Å². The maximum absolute atomic E-state index is 13.1. The maximum Gasteiger partial charge on any atom is 0.254 e. The molecule has 1 aliphatic rings. The molecule has 0 radical (unpaired) electrons. The second kappa shape index (κ2) is 9.49. The molecule has 6 heteroatoms. The van der Waals surface area contributed by atoms with Crippen molar-refractivity contribution in [3.05, 3.63) is 83.3 Å². The number of hydrogen-bond donors (Lipinski definition) is 1. The lowest BCUT2D eigenvalue weighted by Crippen LogP contribution is -2.35. The first-order valence-corrected chi connectivity index (χ1v) is 11.0. The zero-order valence-corrected chi connectivity index (χ0v) is 19.2. The zero-order valence-electron chi connectivity index (χ0n) is 19.2. The average molecular weight is 434 g/mol. The van der Waals surface area contributed by atoms with Gasteiger partial charge in [0.05, 0.1) is 31.5 Å². The van der Waals surface area contributed by atoms with Crippen LogP contribution in [0.2, 0.25) is 0 Å². The summed E-state index contributed by atoms with van der Waals surface area (Å²) in [6, 6.07) is 18.6. The highest BCUT2D eigenvalue weighted by Crippen LogP contribution is 2.33. The Morgan fingerprint density at radius 1 is 1.19 bits per heavy atom. The third kappa shape index (κ3) is 4.50. The molecule has 0 spiro atoms. The van der Waals surface area contributed by atoms with Crippen molar-refractivity contribution in [3.8, 4) is 5.75 Å². The summed E-state index contributed by atoms with van der Waals surface area (Å²) in [6.07, 6.45) is 2.61. The Morgan fingerprint density at radius 2 is 1.94 bits per heavy atom. The molecule has 1 aromatic heterocycles. The summed E-state index contributed by atoms with van der Waals surface area (Å²) in [4.78, 5) is 17.5. The van der Waals surface area contributed by atoms with E-state index in [1.165, 1.54) is 11.3 Å². The van der Waals surface area contributed by atoms with Crippen LogP contribution in [-0.4, -0.2) is 44.6 Å². The summed E-state index contributed by atoms with van der Waals surface area (Å²) in [5.74, 6) is 1.39. The van der Waals surface area contributed by atoms with Gasteiger partial charge in [0, 0.05) is 18.3 Å². The Balaban J connectivity index is 1.45. The molecule has 2 aromatic carbocycles. The van der Waals surface area contributed by atoms with Crippen molar-refractivity contribution in [1.82, 2.24) is 10.2 Å². The number of hydrogen-bond acceptors (Lipinski definition) is 5. The maximum atomic E-state index is 13.1. The molecule has 0 fully saturated rings. The summed E-state index contributed by atoms with van der Waals surface area (Å²) in [7, 11) is 5.68. The number of nitrogens with one attached hydrogen (secondary N) is 1.